The molecule has 2 heterocycles. The number of anilines is 1. The van der Waals surface area contributed by atoms with Crippen molar-refractivity contribution in [2.45, 2.75) is 12.8 Å². The van der Waals surface area contributed by atoms with Gasteiger partial charge in [0.25, 0.3) is 0 Å². The Morgan fingerprint density at radius 1 is 1.36 bits per heavy atom. The average molecular weight is 196 g/mol. The van der Waals surface area contributed by atoms with E-state index in [1.54, 1.807) is 0 Å². The highest BCUT2D eigenvalue weighted by molar-refractivity contribution is 5.85. The topological polar surface area (TPSA) is 40.7 Å². The van der Waals surface area contributed by atoms with Gasteiger partial charge in [0.05, 0.1) is 17.6 Å². The van der Waals surface area contributed by atoms with Crippen molar-refractivity contribution in [3.05, 3.63) is 11.9 Å². The summed E-state index contributed by atoms with van der Waals surface area (Å²) < 4.78 is 0. The van der Waals surface area contributed by atoms with Gasteiger partial charge in [-0.05, 0) is 12.8 Å². The second kappa shape index (κ2) is 4.46. The number of hydrogen-bond donors (Lipinski definition) is 2. The molecule has 1 aliphatic rings. The molecule has 0 saturated carbocycles. The van der Waals surface area contributed by atoms with Crippen molar-refractivity contribution >= 4 is 30.5 Å². The van der Waals surface area contributed by atoms with Gasteiger partial charge in [-0.1, -0.05) is 0 Å². The third kappa shape index (κ3) is 2.01. The van der Waals surface area contributed by atoms with E-state index in [0.29, 0.717) is 0 Å². The van der Waals surface area contributed by atoms with Crippen molar-refractivity contribution in [2.24, 2.45) is 0 Å². The number of aromatic amines is 1. The van der Waals surface area contributed by atoms with Gasteiger partial charge in [-0.15, -0.1) is 24.8 Å². The van der Waals surface area contributed by atoms with Crippen LogP contribution in [0, 0.1) is 0 Å². The number of H-pyrrole nitrogens is 1. The third-order valence-corrected chi connectivity index (χ3v) is 1.64. The number of fused-ring (bicyclic) bond motifs is 1. The summed E-state index contributed by atoms with van der Waals surface area (Å²) in [6.45, 7) is 1.09. The van der Waals surface area contributed by atoms with Gasteiger partial charge in [0.2, 0.25) is 0 Å². The molecule has 0 saturated heterocycles. The number of rotatable bonds is 0. The fraction of sp³-hybridized carbons (Fsp3) is 0.500. The first kappa shape index (κ1) is 10.6. The van der Waals surface area contributed by atoms with Gasteiger partial charge >= 0.3 is 0 Å². The van der Waals surface area contributed by atoms with Crippen LogP contribution in [0.2, 0.25) is 0 Å². The number of aryl methyl sites for hydroxylation is 1. The molecule has 0 spiro atoms. The van der Waals surface area contributed by atoms with E-state index in [1.165, 1.54) is 17.8 Å². The minimum atomic E-state index is 0. The highest BCUT2D eigenvalue weighted by Crippen LogP contribution is 2.17. The van der Waals surface area contributed by atoms with Crippen LogP contribution < -0.4 is 5.32 Å². The van der Waals surface area contributed by atoms with Gasteiger partial charge in [0, 0.05) is 6.54 Å². The zero-order valence-electron chi connectivity index (χ0n) is 5.96. The molecule has 1 aromatic rings. The minimum Gasteiger partial charge on any atom is -0.382 e. The molecule has 0 amide bonds. The van der Waals surface area contributed by atoms with Crippen LogP contribution in [0.1, 0.15) is 12.1 Å². The van der Waals surface area contributed by atoms with E-state index in [4.69, 9.17) is 0 Å². The largest absolute Gasteiger partial charge is 0.382 e. The molecule has 1 aromatic heterocycles. The van der Waals surface area contributed by atoms with E-state index >= 15 is 0 Å². The molecular weight excluding hydrogens is 185 g/mol. The molecule has 0 bridgehead atoms. The number of nitrogens with one attached hydrogen (secondary N) is 2. The maximum atomic E-state index is 3.92. The van der Waals surface area contributed by atoms with Crippen molar-refractivity contribution in [1.82, 2.24) is 10.2 Å². The Morgan fingerprint density at radius 2 is 2.18 bits per heavy atom. The Morgan fingerprint density at radius 3 is 2.91 bits per heavy atom. The van der Waals surface area contributed by atoms with Crippen LogP contribution in [0.25, 0.3) is 0 Å². The maximum absolute atomic E-state index is 3.92. The standard InChI is InChI=1S/C6H9N3.2ClH/c1-2-5-6(7-3-1)4-8-9-5;;/h4,7H,1-3H2,(H,8,9);2*1H. The van der Waals surface area contributed by atoms with Crippen LogP contribution in [-0.4, -0.2) is 16.7 Å². The second-order valence-corrected chi connectivity index (χ2v) is 2.29. The van der Waals surface area contributed by atoms with E-state index in [9.17, 15) is 0 Å². The highest BCUT2D eigenvalue weighted by Gasteiger charge is 2.07. The van der Waals surface area contributed by atoms with Crippen molar-refractivity contribution in [3.63, 3.8) is 0 Å². The molecule has 2 N–H and O–H groups in total. The predicted octanol–water partition coefficient (Wildman–Crippen LogP) is 1.61. The molecule has 2 rings (SSSR count). The van der Waals surface area contributed by atoms with Crippen molar-refractivity contribution < 1.29 is 0 Å². The molecule has 11 heavy (non-hydrogen) atoms. The summed E-state index contributed by atoms with van der Waals surface area (Å²) >= 11 is 0. The summed E-state index contributed by atoms with van der Waals surface area (Å²) in [5.74, 6) is 0. The third-order valence-electron chi connectivity index (χ3n) is 1.64. The molecule has 1 aliphatic heterocycles. The number of nitrogens with zero attached hydrogens (tertiary/aromatic N) is 1. The maximum Gasteiger partial charge on any atom is 0.0756 e. The minimum absolute atomic E-state index is 0. The lowest BCUT2D eigenvalue weighted by Gasteiger charge is -2.11. The quantitative estimate of drug-likeness (QED) is 0.661. The molecular formula is C6H11Cl2N3. The molecule has 0 aromatic carbocycles. The molecule has 5 heteroatoms. The summed E-state index contributed by atoms with van der Waals surface area (Å²) in [7, 11) is 0. The van der Waals surface area contributed by atoms with E-state index in [1.807, 2.05) is 6.20 Å². The first-order chi connectivity index (χ1) is 4.47. The van der Waals surface area contributed by atoms with Gasteiger partial charge < -0.3 is 5.32 Å². The highest BCUT2D eigenvalue weighted by atomic mass is 35.5. The van der Waals surface area contributed by atoms with E-state index in [-0.39, 0.29) is 24.8 Å². The summed E-state index contributed by atoms with van der Waals surface area (Å²) in [4.78, 5) is 0. The lowest BCUT2D eigenvalue weighted by molar-refractivity contribution is 0.801. The number of halogens is 2. The summed E-state index contributed by atoms with van der Waals surface area (Å²) in [6.07, 6.45) is 4.20. The fourth-order valence-corrected chi connectivity index (χ4v) is 1.14. The lowest BCUT2D eigenvalue weighted by Crippen LogP contribution is -2.09. The van der Waals surface area contributed by atoms with Gasteiger partial charge in [-0.2, -0.15) is 5.10 Å². The first-order valence-electron chi connectivity index (χ1n) is 3.23. The van der Waals surface area contributed by atoms with E-state index in [2.05, 4.69) is 15.5 Å². The predicted molar refractivity (Wildman–Crippen MR) is 49.9 cm³/mol. The lowest BCUT2D eigenvalue weighted by atomic mass is 10.1. The molecule has 0 atom stereocenters. The monoisotopic (exact) mass is 195 g/mol. The van der Waals surface area contributed by atoms with Gasteiger partial charge in [-0.25, -0.2) is 0 Å². The fourth-order valence-electron chi connectivity index (χ4n) is 1.14. The average Bonchev–Trinajstić information content (AvgIpc) is 2.33. The first-order valence-corrected chi connectivity index (χ1v) is 3.23. The molecule has 0 unspecified atom stereocenters. The Labute approximate surface area is 77.8 Å². The van der Waals surface area contributed by atoms with Crippen LogP contribution in [0.3, 0.4) is 0 Å². The van der Waals surface area contributed by atoms with Crippen LogP contribution in [0.5, 0.6) is 0 Å². The number of hydrogen-bond acceptors (Lipinski definition) is 2. The van der Waals surface area contributed by atoms with E-state index < -0.39 is 0 Å². The van der Waals surface area contributed by atoms with Gasteiger partial charge in [0.15, 0.2) is 0 Å². The SMILES string of the molecule is Cl.Cl.c1n[nH]c2c1NCCC2. The van der Waals surface area contributed by atoms with Crippen LogP contribution >= 0.6 is 24.8 Å². The zero-order chi connectivity index (χ0) is 6.10. The molecule has 0 radical (unpaired) electrons. The molecule has 64 valence electrons. The molecule has 3 nitrogen and oxygen atoms in total. The summed E-state index contributed by atoms with van der Waals surface area (Å²) in [6, 6.07) is 0. The van der Waals surface area contributed by atoms with Crippen molar-refractivity contribution in [2.75, 3.05) is 11.9 Å². The Bertz CT molecular complexity index is 191. The van der Waals surface area contributed by atoms with Gasteiger partial charge in [0.1, 0.15) is 0 Å². The molecule has 0 aliphatic carbocycles. The zero-order valence-corrected chi connectivity index (χ0v) is 7.60. The Balaban J connectivity index is 0.000000500. The van der Waals surface area contributed by atoms with Gasteiger partial charge in [-0.3, -0.25) is 5.10 Å². The van der Waals surface area contributed by atoms with Crippen LogP contribution in [0.4, 0.5) is 5.69 Å². The molecule has 0 fully saturated rings. The van der Waals surface area contributed by atoms with Crippen molar-refractivity contribution in [3.8, 4) is 0 Å². The number of aromatic nitrogens is 2. The van der Waals surface area contributed by atoms with E-state index in [0.717, 1.165) is 13.0 Å². The van der Waals surface area contributed by atoms with Crippen LogP contribution in [-0.2, 0) is 6.42 Å². The van der Waals surface area contributed by atoms with Crippen LogP contribution in [0.15, 0.2) is 6.20 Å². The Hall–Kier alpha value is -0.410. The van der Waals surface area contributed by atoms with Crippen molar-refractivity contribution in [1.29, 1.82) is 0 Å². The summed E-state index contributed by atoms with van der Waals surface area (Å²) in [5, 5.41) is 10.1. The Kier molecular flexibility index (Phi) is 4.30. The smallest absolute Gasteiger partial charge is 0.0756 e. The summed E-state index contributed by atoms with van der Waals surface area (Å²) in [5.41, 5.74) is 2.43. The second-order valence-electron chi connectivity index (χ2n) is 2.29. The normalized spacial score (nSPS) is 13.5.